The smallest absolute Gasteiger partial charge is 0.424 e. The lowest BCUT2D eigenvalue weighted by atomic mass is 10.4. The SMILES string of the molecule is C1CC[SiH2]OC1.CO[SiH](OC)OC. The summed E-state index contributed by atoms with van der Waals surface area (Å²) in [5.41, 5.74) is 0. The van der Waals surface area contributed by atoms with E-state index in [1.165, 1.54) is 18.9 Å². The molecular weight excluding hydrogens is 204 g/mol. The highest BCUT2D eigenvalue weighted by molar-refractivity contribution is 6.36. The van der Waals surface area contributed by atoms with Crippen molar-refractivity contribution in [3.8, 4) is 0 Å². The van der Waals surface area contributed by atoms with Crippen LogP contribution in [0.2, 0.25) is 6.04 Å². The standard InChI is InChI=1S/C4H10OSi.C3H10O3Si/c1-2-4-6-5-3-1;1-4-7(5-2)6-3/h1-4,6H2;7H,1-3H3. The van der Waals surface area contributed by atoms with Crippen LogP contribution in [-0.2, 0) is 17.7 Å². The summed E-state index contributed by atoms with van der Waals surface area (Å²) in [5.74, 6) is 0. The molecule has 0 saturated carbocycles. The first-order valence-electron chi connectivity index (χ1n) is 4.51. The van der Waals surface area contributed by atoms with Crippen LogP contribution >= 0.6 is 0 Å². The van der Waals surface area contributed by atoms with Gasteiger partial charge in [-0.25, -0.2) is 0 Å². The Labute approximate surface area is 84.4 Å². The van der Waals surface area contributed by atoms with Crippen LogP contribution in [0, 0.1) is 0 Å². The van der Waals surface area contributed by atoms with Gasteiger partial charge in [-0.2, -0.15) is 0 Å². The first kappa shape index (κ1) is 13.3. The predicted octanol–water partition coefficient (Wildman–Crippen LogP) is -0.0583. The zero-order valence-corrected chi connectivity index (χ0v) is 11.3. The maximum atomic E-state index is 5.21. The molecule has 0 aliphatic carbocycles. The molecule has 0 aromatic rings. The van der Waals surface area contributed by atoms with Gasteiger partial charge in [0.2, 0.25) is 0 Å². The van der Waals surface area contributed by atoms with E-state index in [1.807, 2.05) is 0 Å². The summed E-state index contributed by atoms with van der Waals surface area (Å²) in [7, 11) is 3.06. The average Bonchev–Trinajstić information content (AvgIpc) is 2.24. The van der Waals surface area contributed by atoms with E-state index in [2.05, 4.69) is 0 Å². The van der Waals surface area contributed by atoms with E-state index in [-0.39, 0.29) is 9.76 Å². The Balaban J connectivity index is 0.000000223. The van der Waals surface area contributed by atoms with Crippen molar-refractivity contribution in [3.05, 3.63) is 0 Å². The molecule has 0 bridgehead atoms. The van der Waals surface area contributed by atoms with Crippen molar-refractivity contribution in [1.29, 1.82) is 0 Å². The topological polar surface area (TPSA) is 36.9 Å². The third kappa shape index (κ3) is 8.60. The molecule has 0 aromatic carbocycles. The second-order valence-corrected chi connectivity index (χ2v) is 6.18. The summed E-state index contributed by atoms with van der Waals surface area (Å²) in [6.45, 7) is 1.06. The molecule has 1 aliphatic heterocycles. The Kier molecular flexibility index (Phi) is 10.6. The molecule has 0 aromatic heterocycles. The number of hydrogen-bond acceptors (Lipinski definition) is 4. The molecule has 1 saturated heterocycles. The van der Waals surface area contributed by atoms with Crippen molar-refractivity contribution < 1.29 is 17.7 Å². The molecule has 0 radical (unpaired) electrons. The second kappa shape index (κ2) is 10.4. The lowest BCUT2D eigenvalue weighted by Crippen LogP contribution is -2.21. The summed E-state index contributed by atoms with van der Waals surface area (Å²) < 4.78 is 19.4. The van der Waals surface area contributed by atoms with Gasteiger partial charge < -0.3 is 17.7 Å². The third-order valence-electron chi connectivity index (χ3n) is 1.65. The Morgan fingerprint density at radius 2 is 1.69 bits per heavy atom. The molecule has 0 atom stereocenters. The predicted molar refractivity (Wildman–Crippen MR) is 56.7 cm³/mol. The van der Waals surface area contributed by atoms with E-state index in [0.717, 1.165) is 6.61 Å². The molecule has 1 heterocycles. The van der Waals surface area contributed by atoms with Gasteiger partial charge >= 0.3 is 9.53 Å². The quantitative estimate of drug-likeness (QED) is 0.630. The molecular formula is C7H20O4Si2. The van der Waals surface area contributed by atoms with Gasteiger partial charge in [0.15, 0.2) is 9.76 Å². The summed E-state index contributed by atoms with van der Waals surface area (Å²) in [6, 6.07) is 1.42. The van der Waals surface area contributed by atoms with Crippen LogP contribution < -0.4 is 0 Å². The molecule has 0 N–H and O–H groups in total. The molecule has 1 rings (SSSR count). The highest BCUT2D eigenvalue weighted by Crippen LogP contribution is 2.01. The van der Waals surface area contributed by atoms with Crippen molar-refractivity contribution in [2.45, 2.75) is 18.9 Å². The van der Waals surface area contributed by atoms with Crippen molar-refractivity contribution in [3.63, 3.8) is 0 Å². The lowest BCUT2D eigenvalue weighted by Gasteiger charge is -2.07. The summed E-state index contributed by atoms with van der Waals surface area (Å²) in [6.07, 6.45) is 2.75. The fourth-order valence-corrected chi connectivity index (χ4v) is 2.72. The maximum absolute atomic E-state index is 5.21. The molecule has 0 amide bonds. The van der Waals surface area contributed by atoms with Crippen LogP contribution in [0.25, 0.3) is 0 Å². The first-order chi connectivity index (χ1) is 6.35. The van der Waals surface area contributed by atoms with Gasteiger partial charge in [-0.1, -0.05) is 6.42 Å². The molecule has 0 spiro atoms. The Morgan fingerprint density at radius 3 is 1.77 bits per heavy atom. The van der Waals surface area contributed by atoms with Crippen LogP contribution in [0.3, 0.4) is 0 Å². The first-order valence-corrected chi connectivity index (χ1v) is 7.50. The monoisotopic (exact) mass is 224 g/mol. The molecule has 1 aliphatic rings. The van der Waals surface area contributed by atoms with Crippen LogP contribution in [0.15, 0.2) is 0 Å². The molecule has 80 valence electrons. The summed E-state index contributed by atoms with van der Waals surface area (Å²) in [5, 5.41) is 0. The minimum absolute atomic E-state index is 0.00849. The second-order valence-electron chi connectivity index (χ2n) is 2.67. The molecule has 13 heavy (non-hydrogen) atoms. The minimum Gasteiger partial charge on any atom is -0.424 e. The van der Waals surface area contributed by atoms with Crippen molar-refractivity contribution >= 4 is 19.3 Å². The van der Waals surface area contributed by atoms with Crippen LogP contribution in [0.4, 0.5) is 0 Å². The van der Waals surface area contributed by atoms with E-state index in [1.54, 1.807) is 21.3 Å². The highest BCUT2D eigenvalue weighted by atomic mass is 28.3. The fraction of sp³-hybridized carbons (Fsp3) is 1.00. The Morgan fingerprint density at radius 1 is 1.08 bits per heavy atom. The van der Waals surface area contributed by atoms with E-state index in [0.29, 0.717) is 0 Å². The number of rotatable bonds is 3. The van der Waals surface area contributed by atoms with E-state index in [4.69, 9.17) is 17.7 Å². The molecule has 6 heteroatoms. The van der Waals surface area contributed by atoms with Gasteiger partial charge in [0.1, 0.15) is 0 Å². The van der Waals surface area contributed by atoms with Gasteiger partial charge in [-0.3, -0.25) is 0 Å². The Bertz CT molecular complexity index is 79.5. The maximum Gasteiger partial charge on any atom is 0.483 e. The van der Waals surface area contributed by atoms with Crippen molar-refractivity contribution in [2.24, 2.45) is 0 Å². The minimum atomic E-state index is -1.67. The van der Waals surface area contributed by atoms with E-state index in [9.17, 15) is 0 Å². The third-order valence-corrected chi connectivity index (χ3v) is 4.18. The van der Waals surface area contributed by atoms with Gasteiger partial charge in [-0.15, -0.1) is 0 Å². The molecule has 0 unspecified atom stereocenters. The average molecular weight is 224 g/mol. The molecule has 1 fully saturated rings. The molecule has 4 nitrogen and oxygen atoms in total. The van der Waals surface area contributed by atoms with Gasteiger partial charge in [0.25, 0.3) is 0 Å². The van der Waals surface area contributed by atoms with Crippen LogP contribution in [-0.4, -0.2) is 47.2 Å². The highest BCUT2D eigenvalue weighted by Gasteiger charge is 2.04. The largest absolute Gasteiger partial charge is 0.483 e. The van der Waals surface area contributed by atoms with Crippen LogP contribution in [0.5, 0.6) is 0 Å². The zero-order valence-electron chi connectivity index (χ0n) is 8.75. The normalized spacial score (nSPS) is 18.5. The number of hydrogen-bond donors (Lipinski definition) is 0. The Hall–Kier alpha value is 0.274. The lowest BCUT2D eigenvalue weighted by molar-refractivity contribution is 0.163. The van der Waals surface area contributed by atoms with Gasteiger partial charge in [0, 0.05) is 27.9 Å². The fourth-order valence-electron chi connectivity index (χ4n) is 0.976. The van der Waals surface area contributed by atoms with Gasteiger partial charge in [0.05, 0.1) is 0 Å². The van der Waals surface area contributed by atoms with Gasteiger partial charge in [-0.05, 0) is 12.5 Å². The van der Waals surface area contributed by atoms with Crippen molar-refractivity contribution in [2.75, 3.05) is 27.9 Å². The van der Waals surface area contributed by atoms with Crippen molar-refractivity contribution in [1.82, 2.24) is 0 Å². The van der Waals surface area contributed by atoms with Crippen LogP contribution in [0.1, 0.15) is 12.8 Å². The van der Waals surface area contributed by atoms with E-state index < -0.39 is 9.53 Å². The summed E-state index contributed by atoms with van der Waals surface area (Å²) in [4.78, 5) is 0. The summed E-state index contributed by atoms with van der Waals surface area (Å²) >= 11 is 0. The zero-order chi connectivity index (χ0) is 9.94. The van der Waals surface area contributed by atoms with E-state index >= 15 is 0 Å².